The number of carbonyl (C=O) groups excluding carboxylic acids is 2. The van der Waals surface area contributed by atoms with Gasteiger partial charge in [0.25, 0.3) is 0 Å². The van der Waals surface area contributed by atoms with Crippen LogP contribution >= 0.6 is 11.8 Å². The number of nitrogens with one attached hydrogen (secondary N) is 1. The Hall–Kier alpha value is -2.16. The van der Waals surface area contributed by atoms with Gasteiger partial charge in [0.05, 0.1) is 17.9 Å². The molecule has 2 heterocycles. The number of rotatable bonds is 6. The Bertz CT molecular complexity index is 788. The molecule has 0 spiro atoms. The summed E-state index contributed by atoms with van der Waals surface area (Å²) in [7, 11) is 0. The third kappa shape index (κ3) is 4.09. The Balaban J connectivity index is 2.17. The molecular formula is C16H23N5O3S. The molecule has 136 valence electrons. The molecule has 0 aliphatic rings. The van der Waals surface area contributed by atoms with E-state index in [-0.39, 0.29) is 23.7 Å². The minimum Gasteiger partial charge on any atom is -0.461 e. The van der Waals surface area contributed by atoms with E-state index in [9.17, 15) is 9.59 Å². The first-order valence-corrected chi connectivity index (χ1v) is 8.96. The fourth-order valence-corrected chi connectivity index (χ4v) is 3.40. The highest BCUT2D eigenvalue weighted by atomic mass is 32.2. The minimum atomic E-state index is -0.452. The lowest BCUT2D eigenvalue weighted by molar-refractivity contribution is 0.0519. The van der Waals surface area contributed by atoms with Gasteiger partial charge in [-0.25, -0.2) is 9.48 Å². The molecule has 0 amide bonds. The standard InChI is InChI=1S/C16H23N5O3S/c1-7-24-14(23)13-9(2)12(10(3)17-13)11(22)8-25-15-18-19-20-21(15)16(4,5)6/h17H,7-8H2,1-6H3. The van der Waals surface area contributed by atoms with Crippen LogP contribution in [-0.2, 0) is 10.3 Å². The van der Waals surface area contributed by atoms with Crippen molar-refractivity contribution in [2.45, 2.75) is 52.2 Å². The van der Waals surface area contributed by atoms with Crippen LogP contribution in [0.2, 0.25) is 0 Å². The van der Waals surface area contributed by atoms with Gasteiger partial charge in [0, 0.05) is 11.3 Å². The Morgan fingerprint density at radius 2 is 1.96 bits per heavy atom. The van der Waals surface area contributed by atoms with Gasteiger partial charge in [0.2, 0.25) is 5.16 Å². The van der Waals surface area contributed by atoms with E-state index < -0.39 is 5.97 Å². The van der Waals surface area contributed by atoms with Crippen molar-refractivity contribution in [3.05, 3.63) is 22.5 Å². The molecule has 0 fully saturated rings. The Morgan fingerprint density at radius 3 is 2.56 bits per heavy atom. The maximum Gasteiger partial charge on any atom is 0.355 e. The number of aromatic amines is 1. The number of ketones is 1. The van der Waals surface area contributed by atoms with Crippen molar-refractivity contribution >= 4 is 23.5 Å². The smallest absolute Gasteiger partial charge is 0.355 e. The van der Waals surface area contributed by atoms with Crippen LogP contribution < -0.4 is 0 Å². The number of hydrogen-bond acceptors (Lipinski definition) is 7. The van der Waals surface area contributed by atoms with Crippen LogP contribution in [0.5, 0.6) is 0 Å². The minimum absolute atomic E-state index is 0.0877. The Morgan fingerprint density at radius 1 is 1.28 bits per heavy atom. The largest absolute Gasteiger partial charge is 0.461 e. The molecule has 0 unspecified atom stereocenters. The van der Waals surface area contributed by atoms with E-state index in [1.165, 1.54) is 11.8 Å². The highest BCUT2D eigenvalue weighted by Crippen LogP contribution is 2.25. The first-order valence-electron chi connectivity index (χ1n) is 7.98. The van der Waals surface area contributed by atoms with Gasteiger partial charge in [-0.05, 0) is 57.5 Å². The molecule has 25 heavy (non-hydrogen) atoms. The number of ether oxygens (including phenoxy) is 1. The van der Waals surface area contributed by atoms with Crippen molar-refractivity contribution in [1.29, 1.82) is 0 Å². The van der Waals surface area contributed by atoms with Gasteiger partial charge in [-0.2, -0.15) is 0 Å². The maximum atomic E-state index is 12.7. The summed E-state index contributed by atoms with van der Waals surface area (Å²) in [6.45, 7) is 11.5. The Kier molecular flexibility index (Phi) is 5.66. The zero-order chi connectivity index (χ0) is 18.8. The Labute approximate surface area is 150 Å². The summed E-state index contributed by atoms with van der Waals surface area (Å²) >= 11 is 1.28. The van der Waals surface area contributed by atoms with Crippen molar-refractivity contribution in [3.63, 3.8) is 0 Å². The molecule has 0 radical (unpaired) electrons. The fraction of sp³-hybridized carbons (Fsp3) is 0.562. The zero-order valence-corrected chi connectivity index (χ0v) is 16.2. The average Bonchev–Trinajstić information content (AvgIpc) is 3.09. The number of esters is 1. The van der Waals surface area contributed by atoms with E-state index in [1.807, 2.05) is 20.8 Å². The summed E-state index contributed by atoms with van der Waals surface area (Å²) in [6.07, 6.45) is 0. The summed E-state index contributed by atoms with van der Waals surface area (Å²) in [5, 5.41) is 12.2. The van der Waals surface area contributed by atoms with Crippen LogP contribution in [0.4, 0.5) is 0 Å². The second kappa shape index (κ2) is 7.38. The number of tetrazole rings is 1. The topological polar surface area (TPSA) is 103 Å². The fourth-order valence-electron chi connectivity index (χ4n) is 2.47. The molecule has 0 saturated heterocycles. The molecule has 2 aromatic rings. The molecule has 0 atom stereocenters. The molecule has 1 N–H and O–H groups in total. The van der Waals surface area contributed by atoms with E-state index in [4.69, 9.17) is 4.74 Å². The molecule has 9 heteroatoms. The molecule has 0 aliphatic heterocycles. The van der Waals surface area contributed by atoms with Gasteiger partial charge in [-0.3, -0.25) is 4.79 Å². The summed E-state index contributed by atoms with van der Waals surface area (Å²) in [4.78, 5) is 27.6. The lowest BCUT2D eigenvalue weighted by Gasteiger charge is -2.19. The lowest BCUT2D eigenvalue weighted by Crippen LogP contribution is -2.24. The highest BCUT2D eigenvalue weighted by molar-refractivity contribution is 7.99. The van der Waals surface area contributed by atoms with Crippen molar-refractivity contribution in [3.8, 4) is 0 Å². The molecule has 0 aliphatic carbocycles. The highest BCUT2D eigenvalue weighted by Gasteiger charge is 2.24. The second-order valence-corrected chi connectivity index (χ2v) is 7.54. The number of hydrogen-bond donors (Lipinski definition) is 1. The molecule has 2 rings (SSSR count). The number of carbonyl (C=O) groups is 2. The number of Topliss-reactive ketones (excluding diaryl/α,β-unsaturated/α-hetero) is 1. The first-order chi connectivity index (χ1) is 11.7. The molecule has 0 aromatic carbocycles. The summed E-state index contributed by atoms with van der Waals surface area (Å²) < 4.78 is 6.70. The van der Waals surface area contributed by atoms with Gasteiger partial charge < -0.3 is 9.72 Å². The van der Waals surface area contributed by atoms with E-state index in [2.05, 4.69) is 20.5 Å². The van der Waals surface area contributed by atoms with Gasteiger partial charge in [0.1, 0.15) is 5.69 Å². The number of H-pyrrole nitrogens is 1. The van der Waals surface area contributed by atoms with Crippen LogP contribution in [0.25, 0.3) is 0 Å². The molecule has 2 aromatic heterocycles. The number of nitrogens with zero attached hydrogens (tertiary/aromatic N) is 4. The molecular weight excluding hydrogens is 342 g/mol. The quantitative estimate of drug-likeness (QED) is 0.476. The number of aromatic nitrogens is 5. The molecule has 8 nitrogen and oxygen atoms in total. The average molecular weight is 365 g/mol. The van der Waals surface area contributed by atoms with E-state index in [0.29, 0.717) is 27.7 Å². The summed E-state index contributed by atoms with van der Waals surface area (Å²) in [6, 6.07) is 0. The maximum absolute atomic E-state index is 12.7. The normalized spacial score (nSPS) is 11.6. The van der Waals surface area contributed by atoms with Gasteiger partial charge in [-0.15, -0.1) is 5.10 Å². The van der Waals surface area contributed by atoms with E-state index in [0.717, 1.165) is 0 Å². The third-order valence-corrected chi connectivity index (χ3v) is 4.52. The van der Waals surface area contributed by atoms with Crippen molar-refractivity contribution in [2.24, 2.45) is 0 Å². The van der Waals surface area contributed by atoms with Gasteiger partial charge in [0.15, 0.2) is 5.78 Å². The van der Waals surface area contributed by atoms with E-state index in [1.54, 1.807) is 25.5 Å². The second-order valence-electron chi connectivity index (χ2n) is 6.60. The SMILES string of the molecule is CCOC(=O)c1[nH]c(C)c(C(=O)CSc2nnnn2C(C)(C)C)c1C. The van der Waals surface area contributed by atoms with Gasteiger partial charge in [-0.1, -0.05) is 11.8 Å². The van der Waals surface area contributed by atoms with Crippen molar-refractivity contribution in [2.75, 3.05) is 12.4 Å². The number of aryl methyl sites for hydroxylation is 1. The van der Waals surface area contributed by atoms with Crippen LogP contribution in [0.1, 0.15) is 59.8 Å². The van der Waals surface area contributed by atoms with Crippen molar-refractivity contribution in [1.82, 2.24) is 25.2 Å². The monoisotopic (exact) mass is 365 g/mol. The van der Waals surface area contributed by atoms with Crippen LogP contribution in [0.3, 0.4) is 0 Å². The number of thioether (sulfide) groups is 1. The molecule has 0 bridgehead atoms. The van der Waals surface area contributed by atoms with Crippen LogP contribution in [0, 0.1) is 13.8 Å². The predicted molar refractivity (Wildman–Crippen MR) is 94.1 cm³/mol. The van der Waals surface area contributed by atoms with Crippen molar-refractivity contribution < 1.29 is 14.3 Å². The van der Waals surface area contributed by atoms with Crippen LogP contribution in [0.15, 0.2) is 5.16 Å². The lowest BCUT2D eigenvalue weighted by atomic mass is 10.1. The third-order valence-electron chi connectivity index (χ3n) is 3.60. The summed E-state index contributed by atoms with van der Waals surface area (Å²) in [5.41, 5.74) is 1.84. The van der Waals surface area contributed by atoms with Crippen LogP contribution in [-0.4, -0.2) is 49.3 Å². The van der Waals surface area contributed by atoms with E-state index >= 15 is 0 Å². The first kappa shape index (κ1) is 19.2. The summed E-state index contributed by atoms with van der Waals surface area (Å²) in [5.74, 6) is -0.361. The zero-order valence-electron chi connectivity index (χ0n) is 15.3. The predicted octanol–water partition coefficient (Wildman–Crippen LogP) is 2.52. The molecule has 0 saturated carbocycles. The van der Waals surface area contributed by atoms with Gasteiger partial charge >= 0.3 is 5.97 Å².